The van der Waals surface area contributed by atoms with E-state index in [2.05, 4.69) is 47.1 Å². The molecule has 6 heteroatoms. The molecule has 1 heterocycles. The fourth-order valence-electron chi connectivity index (χ4n) is 2.82. The van der Waals surface area contributed by atoms with Gasteiger partial charge in [-0.1, -0.05) is 43.7 Å². The van der Waals surface area contributed by atoms with Crippen LogP contribution in [0.25, 0.3) is 5.57 Å². The lowest BCUT2D eigenvalue weighted by Crippen LogP contribution is -2.26. The van der Waals surface area contributed by atoms with Crippen LogP contribution >= 0.6 is 0 Å². The first kappa shape index (κ1) is 19.9. The number of imidazole rings is 1. The highest BCUT2D eigenvalue weighted by Gasteiger charge is 2.16. The molecular formula is C20H27N3O3. The van der Waals surface area contributed by atoms with Crippen molar-refractivity contribution in [2.75, 3.05) is 0 Å². The molecule has 1 aromatic carbocycles. The maximum atomic E-state index is 11.0. The second-order valence-electron chi connectivity index (χ2n) is 6.31. The highest BCUT2D eigenvalue weighted by molar-refractivity contribution is 5.72. The highest BCUT2D eigenvalue weighted by Crippen LogP contribution is 2.21. The van der Waals surface area contributed by atoms with Gasteiger partial charge in [-0.25, -0.2) is 15.7 Å². The zero-order chi connectivity index (χ0) is 18.8. The van der Waals surface area contributed by atoms with E-state index >= 15 is 0 Å². The lowest BCUT2D eigenvalue weighted by atomic mass is 9.99. The third-order valence-electron chi connectivity index (χ3n) is 4.29. The van der Waals surface area contributed by atoms with Gasteiger partial charge in [-0.2, -0.15) is 0 Å². The molecule has 1 unspecified atom stereocenters. The first-order chi connectivity index (χ1) is 12.6. The van der Waals surface area contributed by atoms with Gasteiger partial charge in [0, 0.05) is 18.9 Å². The summed E-state index contributed by atoms with van der Waals surface area (Å²) in [5.74, 6) is 4.02. The molecular weight excluding hydrogens is 330 g/mol. The van der Waals surface area contributed by atoms with E-state index in [4.69, 9.17) is 11.0 Å². The van der Waals surface area contributed by atoms with Crippen molar-refractivity contribution in [3.05, 3.63) is 60.2 Å². The third-order valence-corrected chi connectivity index (χ3v) is 4.29. The van der Waals surface area contributed by atoms with Crippen molar-refractivity contribution in [3.63, 3.8) is 0 Å². The van der Waals surface area contributed by atoms with E-state index in [0.717, 1.165) is 30.4 Å². The molecule has 0 aliphatic heterocycles. The summed E-state index contributed by atoms with van der Waals surface area (Å²) in [7, 11) is 0. The van der Waals surface area contributed by atoms with Crippen molar-refractivity contribution >= 4 is 11.5 Å². The van der Waals surface area contributed by atoms with Crippen LogP contribution < -0.4 is 5.90 Å². The number of nitrogens with two attached hydrogens (primary N) is 1. The summed E-state index contributed by atoms with van der Waals surface area (Å²) in [6, 6.07) is 8.53. The first-order valence-corrected chi connectivity index (χ1v) is 8.96. The van der Waals surface area contributed by atoms with Gasteiger partial charge in [0.25, 0.3) is 0 Å². The normalized spacial score (nSPS) is 12.9. The molecule has 26 heavy (non-hydrogen) atoms. The molecule has 0 saturated heterocycles. The van der Waals surface area contributed by atoms with Crippen LogP contribution in [0.3, 0.4) is 0 Å². The minimum atomic E-state index is -1.04. The number of aromatic nitrogens is 2. The predicted octanol–water partition coefficient (Wildman–Crippen LogP) is 3.43. The van der Waals surface area contributed by atoms with Gasteiger partial charge >= 0.3 is 5.97 Å². The van der Waals surface area contributed by atoms with Gasteiger partial charge in [0.05, 0.1) is 6.33 Å². The Hall–Kier alpha value is -2.44. The lowest BCUT2D eigenvalue weighted by Gasteiger charge is -2.12. The van der Waals surface area contributed by atoms with Crippen LogP contribution in [0.4, 0.5) is 0 Å². The molecule has 6 nitrogen and oxygen atoms in total. The number of aryl methyl sites for hydroxylation is 1. The van der Waals surface area contributed by atoms with Crippen molar-refractivity contribution < 1.29 is 14.7 Å². The van der Waals surface area contributed by atoms with Crippen LogP contribution in [0.15, 0.2) is 49.1 Å². The number of carboxylic acids is 1. The summed E-state index contributed by atoms with van der Waals surface area (Å²) in [5.41, 5.74) is 3.59. The standard InChI is InChI=1S/C20H27N3O3/c1-2-3-6-16-7-4-8-17(13-16)18(14-23-12-11-22-15-23)9-5-10-19(26-21)20(24)25/h4,7-9,11-13,15,19H,2-3,5-6,10,14,21H2,1H3,(H,24,25). The molecule has 1 atom stereocenters. The van der Waals surface area contributed by atoms with E-state index in [1.165, 1.54) is 5.56 Å². The Balaban J connectivity index is 2.17. The summed E-state index contributed by atoms with van der Waals surface area (Å²) < 4.78 is 2.00. The van der Waals surface area contributed by atoms with Gasteiger partial charge in [0.15, 0.2) is 6.10 Å². The Bertz CT molecular complexity index is 711. The largest absolute Gasteiger partial charge is 0.479 e. The summed E-state index contributed by atoms with van der Waals surface area (Å²) in [5, 5.41) is 9.04. The van der Waals surface area contributed by atoms with Gasteiger partial charge in [-0.05, 0) is 42.4 Å². The number of allylic oxidation sites excluding steroid dienone is 2. The van der Waals surface area contributed by atoms with Gasteiger partial charge in [-0.3, -0.25) is 4.84 Å². The topological polar surface area (TPSA) is 90.4 Å². The maximum absolute atomic E-state index is 11.0. The van der Waals surface area contributed by atoms with Gasteiger partial charge < -0.3 is 9.67 Å². The molecule has 0 bridgehead atoms. The van der Waals surface area contributed by atoms with Gasteiger partial charge in [0.1, 0.15) is 0 Å². The Morgan fingerprint density at radius 2 is 2.31 bits per heavy atom. The van der Waals surface area contributed by atoms with E-state index < -0.39 is 12.1 Å². The molecule has 0 aliphatic carbocycles. The highest BCUT2D eigenvalue weighted by atomic mass is 16.6. The number of carboxylic acid groups (broad SMARTS) is 1. The molecule has 1 aromatic heterocycles. The van der Waals surface area contributed by atoms with E-state index in [-0.39, 0.29) is 0 Å². The minimum absolute atomic E-state index is 0.328. The Kier molecular flexibility index (Phi) is 8.05. The summed E-state index contributed by atoms with van der Waals surface area (Å²) in [4.78, 5) is 19.7. The monoisotopic (exact) mass is 357 g/mol. The molecule has 2 aromatic rings. The average molecular weight is 357 g/mol. The number of nitrogens with zero attached hydrogens (tertiary/aromatic N) is 2. The van der Waals surface area contributed by atoms with Crippen molar-refractivity contribution in [3.8, 4) is 0 Å². The van der Waals surface area contributed by atoms with E-state index in [1.54, 1.807) is 12.5 Å². The van der Waals surface area contributed by atoms with E-state index in [9.17, 15) is 4.79 Å². The van der Waals surface area contributed by atoms with Gasteiger partial charge in [0.2, 0.25) is 0 Å². The third kappa shape index (κ3) is 6.13. The second-order valence-corrected chi connectivity index (χ2v) is 6.31. The Morgan fingerprint density at radius 1 is 1.46 bits per heavy atom. The Morgan fingerprint density at radius 3 is 2.96 bits per heavy atom. The summed E-state index contributed by atoms with van der Waals surface area (Å²) in [6.45, 7) is 2.87. The van der Waals surface area contributed by atoms with Crippen LogP contribution in [0, 0.1) is 0 Å². The fourth-order valence-corrected chi connectivity index (χ4v) is 2.82. The molecule has 0 saturated carbocycles. The van der Waals surface area contributed by atoms with E-state index in [0.29, 0.717) is 19.4 Å². The van der Waals surface area contributed by atoms with E-state index in [1.807, 2.05) is 10.8 Å². The zero-order valence-corrected chi connectivity index (χ0v) is 15.2. The SMILES string of the molecule is CCCCc1cccc(C(=CCCC(ON)C(=O)O)Cn2ccnc2)c1. The number of unbranched alkanes of at least 4 members (excludes halogenated alkanes) is 1. The molecule has 140 valence electrons. The van der Waals surface area contributed by atoms with Crippen LogP contribution in [-0.2, 0) is 22.6 Å². The molecule has 3 N–H and O–H groups in total. The van der Waals surface area contributed by atoms with Crippen molar-refractivity contribution in [2.45, 2.75) is 51.7 Å². The van der Waals surface area contributed by atoms with Crippen LogP contribution in [-0.4, -0.2) is 26.7 Å². The molecule has 0 spiro atoms. The molecule has 0 amide bonds. The van der Waals surface area contributed by atoms with Crippen LogP contribution in [0.2, 0.25) is 0 Å². The summed E-state index contributed by atoms with van der Waals surface area (Å²) >= 11 is 0. The quantitative estimate of drug-likeness (QED) is 0.601. The average Bonchev–Trinajstić information content (AvgIpc) is 3.15. The minimum Gasteiger partial charge on any atom is -0.479 e. The number of hydrogen-bond acceptors (Lipinski definition) is 4. The number of benzene rings is 1. The van der Waals surface area contributed by atoms with Crippen molar-refractivity contribution in [2.24, 2.45) is 5.90 Å². The number of aliphatic carboxylic acids is 1. The number of carbonyl (C=O) groups is 1. The number of hydrogen-bond donors (Lipinski definition) is 2. The van der Waals surface area contributed by atoms with Crippen LogP contribution in [0.5, 0.6) is 0 Å². The van der Waals surface area contributed by atoms with Crippen molar-refractivity contribution in [1.29, 1.82) is 0 Å². The molecule has 0 aliphatic rings. The fraction of sp³-hybridized carbons (Fsp3) is 0.400. The molecule has 0 radical (unpaired) electrons. The lowest BCUT2D eigenvalue weighted by molar-refractivity contribution is -0.151. The van der Waals surface area contributed by atoms with Gasteiger partial charge in [-0.15, -0.1) is 0 Å². The molecule has 0 fully saturated rings. The van der Waals surface area contributed by atoms with Crippen LogP contribution in [0.1, 0.15) is 43.7 Å². The van der Waals surface area contributed by atoms with Crippen molar-refractivity contribution in [1.82, 2.24) is 9.55 Å². The summed E-state index contributed by atoms with van der Waals surface area (Å²) in [6.07, 6.45) is 10.8. The first-order valence-electron chi connectivity index (χ1n) is 8.96. The smallest absolute Gasteiger partial charge is 0.334 e. The zero-order valence-electron chi connectivity index (χ0n) is 15.2. The predicted molar refractivity (Wildman–Crippen MR) is 101 cm³/mol. The maximum Gasteiger partial charge on any atom is 0.334 e. The number of rotatable bonds is 11. The molecule has 2 rings (SSSR count). The Labute approximate surface area is 154 Å². The second kappa shape index (κ2) is 10.5.